The molecule has 1 unspecified atom stereocenters. The summed E-state index contributed by atoms with van der Waals surface area (Å²) >= 11 is 1.38. The summed E-state index contributed by atoms with van der Waals surface area (Å²) in [5, 5.41) is 8.58. The zero-order chi connectivity index (χ0) is 21.0. The van der Waals surface area contributed by atoms with Gasteiger partial charge < -0.3 is 9.88 Å². The molecule has 0 aliphatic heterocycles. The van der Waals surface area contributed by atoms with Crippen LogP contribution in [-0.2, 0) is 27.9 Å². The van der Waals surface area contributed by atoms with E-state index in [1.165, 1.54) is 23.9 Å². The van der Waals surface area contributed by atoms with Crippen molar-refractivity contribution < 1.29 is 13.2 Å². The fraction of sp³-hybridized carbons (Fsp3) is 0.300. The molecule has 0 radical (unpaired) electrons. The molecule has 3 aromatic rings. The third kappa shape index (κ3) is 4.98. The maximum absolute atomic E-state index is 12.7. The number of aromatic nitrogens is 2. The van der Waals surface area contributed by atoms with Gasteiger partial charge in [0.25, 0.3) is 0 Å². The molecule has 0 fully saturated rings. The van der Waals surface area contributed by atoms with Crippen molar-refractivity contribution in [3.63, 3.8) is 0 Å². The van der Waals surface area contributed by atoms with Gasteiger partial charge in [-0.05, 0) is 37.1 Å². The average Bonchev–Trinajstić information content (AvgIpc) is 3.06. The van der Waals surface area contributed by atoms with Crippen LogP contribution in [0, 0.1) is 0 Å². The lowest BCUT2D eigenvalue weighted by molar-refractivity contribution is -0.120. The SMILES string of the molecule is CCC(Sc1nc2cc(S(N)(=O)=O)ccc2n1CC)C(=O)NCc1ccccc1. The first-order valence-corrected chi connectivity index (χ1v) is 11.8. The minimum atomic E-state index is -3.80. The highest BCUT2D eigenvalue weighted by Gasteiger charge is 2.22. The van der Waals surface area contributed by atoms with Crippen molar-refractivity contribution in [1.82, 2.24) is 14.9 Å². The van der Waals surface area contributed by atoms with E-state index in [0.29, 0.717) is 30.2 Å². The number of aryl methyl sites for hydroxylation is 1. The standard InChI is InChI=1S/C20H24N4O3S2/c1-3-18(19(25)22-13-14-8-6-5-7-9-14)28-20-23-16-12-15(29(21,26)27)10-11-17(16)24(20)4-2/h5-12,18H,3-4,13H2,1-2H3,(H,22,25)(H2,21,26,27). The molecule has 1 heterocycles. The maximum Gasteiger partial charge on any atom is 0.238 e. The third-order valence-corrected chi connectivity index (χ3v) is 6.82. The van der Waals surface area contributed by atoms with Gasteiger partial charge in [0.1, 0.15) is 0 Å². The molecule has 3 N–H and O–H groups in total. The fourth-order valence-electron chi connectivity index (χ4n) is 3.01. The Bertz CT molecular complexity index is 1110. The number of benzene rings is 2. The Morgan fingerprint density at radius 3 is 2.55 bits per heavy atom. The van der Waals surface area contributed by atoms with Gasteiger partial charge in [0, 0.05) is 13.1 Å². The van der Waals surface area contributed by atoms with E-state index in [-0.39, 0.29) is 16.1 Å². The summed E-state index contributed by atoms with van der Waals surface area (Å²) < 4.78 is 25.2. The molecule has 0 aliphatic rings. The molecule has 7 nitrogen and oxygen atoms in total. The van der Waals surface area contributed by atoms with Gasteiger partial charge in [-0.25, -0.2) is 18.5 Å². The Morgan fingerprint density at radius 2 is 1.93 bits per heavy atom. The molecule has 29 heavy (non-hydrogen) atoms. The van der Waals surface area contributed by atoms with Crippen molar-refractivity contribution in [3.8, 4) is 0 Å². The third-order valence-electron chi connectivity index (χ3n) is 4.55. The second-order valence-corrected chi connectivity index (χ2v) is 9.28. The predicted molar refractivity (Wildman–Crippen MR) is 115 cm³/mol. The first-order valence-electron chi connectivity index (χ1n) is 9.34. The van der Waals surface area contributed by atoms with Gasteiger partial charge in [0.05, 0.1) is 21.2 Å². The number of imidazole rings is 1. The number of amides is 1. The van der Waals surface area contributed by atoms with Crippen LogP contribution in [0.1, 0.15) is 25.8 Å². The number of hydrogen-bond acceptors (Lipinski definition) is 5. The quantitative estimate of drug-likeness (QED) is 0.532. The zero-order valence-corrected chi connectivity index (χ0v) is 18.0. The molecule has 0 saturated carbocycles. The largest absolute Gasteiger partial charge is 0.351 e. The molecule has 0 spiro atoms. The van der Waals surface area contributed by atoms with Crippen LogP contribution in [0.2, 0.25) is 0 Å². The number of fused-ring (bicyclic) bond motifs is 1. The summed E-state index contributed by atoms with van der Waals surface area (Å²) in [5.74, 6) is -0.0544. The first-order chi connectivity index (χ1) is 13.8. The molecule has 0 bridgehead atoms. The van der Waals surface area contributed by atoms with Crippen LogP contribution >= 0.6 is 11.8 Å². The second-order valence-electron chi connectivity index (χ2n) is 6.55. The van der Waals surface area contributed by atoms with Crippen molar-refractivity contribution in [2.75, 3.05) is 0 Å². The number of sulfonamides is 1. The minimum Gasteiger partial charge on any atom is -0.351 e. The van der Waals surface area contributed by atoms with E-state index in [0.717, 1.165) is 11.1 Å². The van der Waals surface area contributed by atoms with Gasteiger partial charge in [-0.1, -0.05) is 49.0 Å². The number of hydrogen-bond donors (Lipinski definition) is 2. The van der Waals surface area contributed by atoms with Gasteiger partial charge in [0.2, 0.25) is 15.9 Å². The van der Waals surface area contributed by atoms with Crippen molar-refractivity contribution >= 4 is 38.7 Å². The van der Waals surface area contributed by atoms with E-state index in [2.05, 4.69) is 10.3 Å². The number of primary sulfonamides is 1. The summed E-state index contributed by atoms with van der Waals surface area (Å²) in [6.07, 6.45) is 0.640. The van der Waals surface area contributed by atoms with Crippen LogP contribution in [0.4, 0.5) is 0 Å². The molecule has 1 atom stereocenters. The number of carbonyl (C=O) groups excluding carboxylic acids is 1. The van der Waals surface area contributed by atoms with E-state index in [4.69, 9.17) is 5.14 Å². The summed E-state index contributed by atoms with van der Waals surface area (Å²) in [4.78, 5) is 17.3. The van der Waals surface area contributed by atoms with E-state index in [1.54, 1.807) is 6.07 Å². The number of carbonyl (C=O) groups is 1. The lowest BCUT2D eigenvalue weighted by Crippen LogP contribution is -2.32. The smallest absolute Gasteiger partial charge is 0.238 e. The molecule has 9 heteroatoms. The van der Waals surface area contributed by atoms with Crippen molar-refractivity contribution in [2.45, 2.75) is 48.7 Å². The average molecular weight is 433 g/mol. The maximum atomic E-state index is 12.7. The molecule has 1 amide bonds. The summed E-state index contributed by atoms with van der Waals surface area (Å²) in [7, 11) is -3.80. The predicted octanol–water partition coefficient (Wildman–Crippen LogP) is 2.89. The molecule has 154 valence electrons. The van der Waals surface area contributed by atoms with Gasteiger partial charge >= 0.3 is 0 Å². The molecule has 2 aromatic carbocycles. The number of nitrogens with zero attached hydrogens (tertiary/aromatic N) is 2. The van der Waals surface area contributed by atoms with E-state index in [1.807, 2.05) is 48.7 Å². The van der Waals surface area contributed by atoms with Crippen LogP contribution in [-0.4, -0.2) is 29.1 Å². The Labute approximate surface area is 174 Å². The highest BCUT2D eigenvalue weighted by Crippen LogP contribution is 2.30. The molecule has 1 aromatic heterocycles. The van der Waals surface area contributed by atoms with E-state index >= 15 is 0 Å². The van der Waals surface area contributed by atoms with Crippen molar-refractivity contribution in [1.29, 1.82) is 0 Å². The number of nitrogens with two attached hydrogens (primary N) is 1. The molecular formula is C20H24N4O3S2. The van der Waals surface area contributed by atoms with Crippen molar-refractivity contribution in [3.05, 3.63) is 54.1 Å². The van der Waals surface area contributed by atoms with Crippen LogP contribution in [0.15, 0.2) is 58.6 Å². The number of thioether (sulfide) groups is 1. The normalized spacial score (nSPS) is 12.8. The van der Waals surface area contributed by atoms with Crippen LogP contribution in [0.5, 0.6) is 0 Å². The van der Waals surface area contributed by atoms with Crippen LogP contribution < -0.4 is 10.5 Å². The van der Waals surface area contributed by atoms with E-state index < -0.39 is 10.0 Å². The molecule has 3 rings (SSSR count). The molecular weight excluding hydrogens is 408 g/mol. The van der Waals surface area contributed by atoms with Crippen LogP contribution in [0.3, 0.4) is 0 Å². The molecule has 0 aliphatic carbocycles. The summed E-state index contributed by atoms with van der Waals surface area (Å²) in [6.45, 7) is 5.06. The number of rotatable bonds is 8. The monoisotopic (exact) mass is 432 g/mol. The van der Waals surface area contributed by atoms with Gasteiger partial charge in [-0.3, -0.25) is 4.79 Å². The Balaban J connectivity index is 1.81. The lowest BCUT2D eigenvalue weighted by atomic mass is 10.2. The van der Waals surface area contributed by atoms with Gasteiger partial charge in [-0.15, -0.1) is 0 Å². The zero-order valence-electron chi connectivity index (χ0n) is 16.3. The summed E-state index contributed by atoms with van der Waals surface area (Å²) in [5.41, 5.74) is 2.39. The number of nitrogens with one attached hydrogen (secondary N) is 1. The topological polar surface area (TPSA) is 107 Å². The first kappa shape index (κ1) is 21.4. The van der Waals surface area contributed by atoms with Gasteiger partial charge in [-0.2, -0.15) is 0 Å². The Morgan fingerprint density at radius 1 is 1.21 bits per heavy atom. The van der Waals surface area contributed by atoms with Crippen molar-refractivity contribution in [2.24, 2.45) is 5.14 Å². The minimum absolute atomic E-state index is 0.0231. The molecule has 0 saturated heterocycles. The Kier molecular flexibility index (Phi) is 6.61. The fourth-order valence-corrected chi connectivity index (χ4v) is 4.66. The second kappa shape index (κ2) is 8.98. The Hall–Kier alpha value is -2.36. The highest BCUT2D eigenvalue weighted by atomic mass is 32.2. The summed E-state index contributed by atoms with van der Waals surface area (Å²) in [6, 6.07) is 14.4. The van der Waals surface area contributed by atoms with Gasteiger partial charge in [0.15, 0.2) is 5.16 Å². The lowest BCUT2D eigenvalue weighted by Gasteiger charge is -2.15. The highest BCUT2D eigenvalue weighted by molar-refractivity contribution is 8.00. The van der Waals surface area contributed by atoms with E-state index in [9.17, 15) is 13.2 Å². The van der Waals surface area contributed by atoms with Crippen LogP contribution in [0.25, 0.3) is 11.0 Å².